The number of esters is 1. The van der Waals surface area contributed by atoms with Gasteiger partial charge in [-0.05, 0) is 19.9 Å². The number of aryl methyl sites for hydroxylation is 2. The first-order chi connectivity index (χ1) is 10.5. The summed E-state index contributed by atoms with van der Waals surface area (Å²) < 4.78 is 15.6. The number of thiazole rings is 1. The average molecular weight is 324 g/mol. The quantitative estimate of drug-likeness (QED) is 0.640. The number of hydrogen-bond acceptors (Lipinski definition) is 7. The number of nitrogens with one attached hydrogen (secondary N) is 1. The van der Waals surface area contributed by atoms with Gasteiger partial charge in [-0.25, -0.2) is 9.78 Å². The maximum Gasteiger partial charge on any atom is 0.333 e. The van der Waals surface area contributed by atoms with E-state index in [0.717, 1.165) is 15.7 Å². The lowest BCUT2D eigenvalue weighted by molar-refractivity contribution is -0.138. The molecule has 22 heavy (non-hydrogen) atoms. The highest BCUT2D eigenvalue weighted by molar-refractivity contribution is 7.15. The minimum Gasteiger partial charge on any atom is -0.466 e. The van der Waals surface area contributed by atoms with Crippen molar-refractivity contribution in [1.29, 1.82) is 0 Å². The number of methoxy groups -OCH3 is 2. The zero-order valence-electron chi connectivity index (χ0n) is 13.1. The fraction of sp³-hybridized carbons (Fsp3) is 0.467. The molecule has 0 saturated carbocycles. The molecule has 0 bridgehead atoms. The van der Waals surface area contributed by atoms with Crippen LogP contribution in [0.5, 0.6) is 0 Å². The van der Waals surface area contributed by atoms with Crippen LogP contribution in [0.2, 0.25) is 0 Å². The Labute approximate surface area is 133 Å². The normalized spacial score (nSPS) is 20.6. The molecular formula is C15H20N2O4S. The van der Waals surface area contributed by atoms with Crippen molar-refractivity contribution in [1.82, 2.24) is 4.98 Å². The highest BCUT2D eigenvalue weighted by Gasteiger charge is 2.34. The topological polar surface area (TPSA) is 69.7 Å². The molecule has 0 aromatic carbocycles. The summed E-state index contributed by atoms with van der Waals surface area (Å²) in [5, 5.41) is 4.01. The second-order valence-corrected chi connectivity index (χ2v) is 6.15. The lowest BCUT2D eigenvalue weighted by Gasteiger charge is -2.33. The number of nitrogens with zero attached hydrogens (tertiary/aromatic N) is 1. The van der Waals surface area contributed by atoms with Crippen molar-refractivity contribution in [3.63, 3.8) is 0 Å². The van der Waals surface area contributed by atoms with E-state index in [-0.39, 0.29) is 12.8 Å². The molecular weight excluding hydrogens is 304 g/mol. The van der Waals surface area contributed by atoms with E-state index in [1.807, 2.05) is 19.9 Å². The van der Waals surface area contributed by atoms with Gasteiger partial charge in [-0.1, -0.05) is 12.2 Å². The summed E-state index contributed by atoms with van der Waals surface area (Å²) in [7, 11) is 2.91. The van der Waals surface area contributed by atoms with Gasteiger partial charge in [0.1, 0.15) is 6.79 Å². The molecule has 2 rings (SSSR count). The van der Waals surface area contributed by atoms with Crippen LogP contribution < -0.4 is 5.32 Å². The molecule has 1 N–H and O–H groups in total. The second kappa shape index (κ2) is 7.04. The average Bonchev–Trinajstić information content (AvgIpc) is 2.82. The number of ether oxygens (including phenoxy) is 3. The second-order valence-electron chi connectivity index (χ2n) is 4.95. The number of rotatable bonds is 6. The highest BCUT2D eigenvalue weighted by Crippen LogP contribution is 2.32. The highest BCUT2D eigenvalue weighted by atomic mass is 32.1. The first kappa shape index (κ1) is 16.7. The van der Waals surface area contributed by atoms with Crippen LogP contribution in [0, 0.1) is 13.8 Å². The summed E-state index contributed by atoms with van der Waals surface area (Å²) in [6.07, 6.45) is 5.67. The third-order valence-electron chi connectivity index (χ3n) is 3.34. The van der Waals surface area contributed by atoms with E-state index in [4.69, 9.17) is 14.2 Å². The van der Waals surface area contributed by atoms with Crippen LogP contribution in [-0.2, 0) is 19.0 Å². The monoisotopic (exact) mass is 324 g/mol. The number of anilines is 1. The van der Waals surface area contributed by atoms with E-state index in [2.05, 4.69) is 10.3 Å². The minimum absolute atomic E-state index is 0.0924. The largest absolute Gasteiger partial charge is 0.466 e. The molecule has 0 amide bonds. The Balaban J connectivity index is 2.23. The Morgan fingerprint density at radius 1 is 1.45 bits per heavy atom. The molecule has 1 aliphatic carbocycles. The van der Waals surface area contributed by atoms with Gasteiger partial charge in [-0.2, -0.15) is 0 Å². The molecule has 0 aliphatic heterocycles. The van der Waals surface area contributed by atoms with Crippen LogP contribution in [0.4, 0.5) is 5.13 Å². The van der Waals surface area contributed by atoms with Crippen molar-refractivity contribution in [3.05, 3.63) is 34.4 Å². The molecule has 1 aliphatic rings. The third-order valence-corrected chi connectivity index (χ3v) is 4.33. The Bertz CT molecular complexity index is 589. The van der Waals surface area contributed by atoms with Crippen LogP contribution in [0.25, 0.3) is 0 Å². The van der Waals surface area contributed by atoms with Gasteiger partial charge in [-0.15, -0.1) is 11.3 Å². The predicted molar refractivity (Wildman–Crippen MR) is 84.8 cm³/mol. The number of carbonyl (C=O) groups is 1. The maximum absolute atomic E-state index is 11.8. The summed E-state index contributed by atoms with van der Waals surface area (Å²) >= 11 is 1.54. The van der Waals surface area contributed by atoms with Crippen LogP contribution >= 0.6 is 11.3 Å². The molecule has 7 heteroatoms. The summed E-state index contributed by atoms with van der Waals surface area (Å²) in [5.74, 6) is -0.372. The van der Waals surface area contributed by atoms with Gasteiger partial charge in [0.2, 0.25) is 0 Å². The van der Waals surface area contributed by atoms with Crippen molar-refractivity contribution >= 4 is 22.4 Å². The fourth-order valence-electron chi connectivity index (χ4n) is 2.08. The van der Waals surface area contributed by atoms with Crippen LogP contribution in [0.15, 0.2) is 23.8 Å². The number of carbonyl (C=O) groups excluding carboxylic acids is 1. The van der Waals surface area contributed by atoms with Gasteiger partial charge in [0.15, 0.2) is 10.9 Å². The van der Waals surface area contributed by atoms with Crippen LogP contribution in [0.1, 0.15) is 17.0 Å². The van der Waals surface area contributed by atoms with E-state index >= 15 is 0 Å². The van der Waals surface area contributed by atoms with Crippen molar-refractivity contribution in [3.8, 4) is 0 Å². The Hall–Kier alpha value is -1.70. The number of hydrogen-bond donors (Lipinski definition) is 1. The van der Waals surface area contributed by atoms with Gasteiger partial charge in [-0.3, -0.25) is 0 Å². The summed E-state index contributed by atoms with van der Waals surface area (Å²) in [4.78, 5) is 17.4. The molecule has 1 atom stereocenters. The molecule has 6 nitrogen and oxygen atoms in total. The Morgan fingerprint density at radius 3 is 2.82 bits per heavy atom. The Morgan fingerprint density at radius 2 is 2.23 bits per heavy atom. The smallest absolute Gasteiger partial charge is 0.333 e. The molecule has 0 radical (unpaired) electrons. The SMILES string of the molecule is COCOC1(Nc2nc(C)c(C)s2)C=CC=C(C(=O)OC)C1. The van der Waals surface area contributed by atoms with Gasteiger partial charge >= 0.3 is 5.97 Å². The summed E-state index contributed by atoms with van der Waals surface area (Å²) in [6, 6.07) is 0. The van der Waals surface area contributed by atoms with E-state index in [0.29, 0.717) is 12.0 Å². The molecule has 1 aromatic rings. The van der Waals surface area contributed by atoms with E-state index < -0.39 is 5.72 Å². The van der Waals surface area contributed by atoms with Crippen molar-refractivity contribution in [2.75, 3.05) is 26.3 Å². The minimum atomic E-state index is -0.884. The molecule has 1 unspecified atom stereocenters. The number of aromatic nitrogens is 1. The van der Waals surface area contributed by atoms with Gasteiger partial charge in [0.05, 0.1) is 12.8 Å². The molecule has 0 saturated heterocycles. The third kappa shape index (κ3) is 3.73. The molecule has 0 fully saturated rings. The van der Waals surface area contributed by atoms with Gasteiger partial charge < -0.3 is 19.5 Å². The zero-order valence-corrected chi connectivity index (χ0v) is 14.0. The zero-order chi connectivity index (χ0) is 16.2. The summed E-state index contributed by atoms with van der Waals surface area (Å²) in [5.41, 5.74) is 0.613. The lowest BCUT2D eigenvalue weighted by atomic mass is 9.97. The molecule has 0 spiro atoms. The van der Waals surface area contributed by atoms with E-state index in [1.54, 1.807) is 30.6 Å². The van der Waals surface area contributed by atoms with Crippen LogP contribution in [0.3, 0.4) is 0 Å². The van der Waals surface area contributed by atoms with Crippen molar-refractivity contribution < 1.29 is 19.0 Å². The van der Waals surface area contributed by atoms with Crippen molar-refractivity contribution in [2.24, 2.45) is 0 Å². The molecule has 1 heterocycles. The first-order valence-corrected chi connectivity index (χ1v) is 7.63. The Kier molecular flexibility index (Phi) is 5.33. The van der Waals surface area contributed by atoms with Gasteiger partial charge in [0.25, 0.3) is 0 Å². The maximum atomic E-state index is 11.8. The van der Waals surface area contributed by atoms with E-state index in [9.17, 15) is 4.79 Å². The summed E-state index contributed by atoms with van der Waals surface area (Å²) in [6.45, 7) is 4.06. The van der Waals surface area contributed by atoms with E-state index in [1.165, 1.54) is 7.11 Å². The lowest BCUT2D eigenvalue weighted by Crippen LogP contribution is -2.42. The standard InChI is InChI=1S/C15H20N2O4S/c1-10-11(2)22-14(16-10)17-15(21-9-19-3)7-5-6-12(8-15)13(18)20-4/h5-7H,8-9H2,1-4H3,(H,16,17). The fourth-order valence-corrected chi connectivity index (χ4v) is 2.97. The predicted octanol–water partition coefficient (Wildman–Crippen LogP) is 2.55. The number of allylic oxidation sites excluding steroid dienone is 2. The van der Waals surface area contributed by atoms with Crippen molar-refractivity contribution in [2.45, 2.75) is 26.0 Å². The molecule has 120 valence electrons. The van der Waals surface area contributed by atoms with Crippen LogP contribution in [-0.4, -0.2) is 37.7 Å². The van der Waals surface area contributed by atoms with Gasteiger partial charge in [0, 0.05) is 24.0 Å². The molecule has 1 aromatic heterocycles. The first-order valence-electron chi connectivity index (χ1n) is 6.81.